The highest BCUT2D eigenvalue weighted by Crippen LogP contribution is 2.54. The fourth-order valence-corrected chi connectivity index (χ4v) is 8.76. The number of thioether (sulfide) groups is 1. The van der Waals surface area contributed by atoms with Gasteiger partial charge in [-0.15, -0.1) is 0 Å². The molecular weight excluding hydrogens is 600 g/mol. The molecule has 3 amide bonds. The molecule has 0 saturated carbocycles. The first kappa shape index (κ1) is 29.8. The highest BCUT2D eigenvalue weighted by atomic mass is 32.2. The Labute approximate surface area is 262 Å². The van der Waals surface area contributed by atoms with Crippen LogP contribution in [0.1, 0.15) is 35.8 Å². The maximum atomic E-state index is 14.0. The standard InChI is InChI=1S/C33H31FN4O4S2/c1-4-36(5-2)22-14-10-20(11-15-22)26-27-28(31(41)38(30(27)40)23-16-12-21(34)13-17-23)43-32-29(26)44-33(42)37(32)18-25(39)35-24-9-7-6-8-19(24)3/h6-17,26-28H,4-5,18H2,1-3H3,(H,35,39)/t26-,27-,28+/m0/s1. The van der Waals surface area contributed by atoms with Gasteiger partial charge in [-0.25, -0.2) is 9.29 Å². The summed E-state index contributed by atoms with van der Waals surface area (Å²) in [4.78, 5) is 58.2. The van der Waals surface area contributed by atoms with Crippen LogP contribution in [0.5, 0.6) is 0 Å². The number of hydrogen-bond acceptors (Lipinski definition) is 7. The van der Waals surface area contributed by atoms with E-state index in [4.69, 9.17) is 0 Å². The minimum absolute atomic E-state index is 0.235. The molecule has 6 rings (SSSR count). The van der Waals surface area contributed by atoms with E-state index in [0.29, 0.717) is 21.3 Å². The molecule has 8 nitrogen and oxygen atoms in total. The van der Waals surface area contributed by atoms with E-state index in [1.54, 1.807) is 6.07 Å². The summed E-state index contributed by atoms with van der Waals surface area (Å²) in [6.07, 6.45) is 0. The number of fused-ring (bicyclic) bond motifs is 2. The fourth-order valence-electron chi connectivity index (χ4n) is 5.99. The van der Waals surface area contributed by atoms with Crippen LogP contribution in [0.4, 0.5) is 21.5 Å². The summed E-state index contributed by atoms with van der Waals surface area (Å²) in [6, 6.07) is 20.5. The van der Waals surface area contributed by atoms with Crippen LogP contribution in [-0.2, 0) is 20.9 Å². The maximum absolute atomic E-state index is 14.0. The van der Waals surface area contributed by atoms with Gasteiger partial charge in [0, 0.05) is 35.3 Å². The lowest BCUT2D eigenvalue weighted by Gasteiger charge is -2.31. The van der Waals surface area contributed by atoms with Crippen LogP contribution in [-0.4, -0.2) is 40.6 Å². The van der Waals surface area contributed by atoms with Crippen molar-refractivity contribution in [2.24, 2.45) is 5.92 Å². The Hall–Kier alpha value is -4.22. The van der Waals surface area contributed by atoms with Crippen LogP contribution in [0.3, 0.4) is 0 Å². The van der Waals surface area contributed by atoms with Crippen molar-refractivity contribution in [2.75, 3.05) is 28.2 Å². The van der Waals surface area contributed by atoms with Crippen molar-refractivity contribution in [3.63, 3.8) is 0 Å². The Kier molecular flexibility index (Phi) is 8.17. The number of imide groups is 1. The van der Waals surface area contributed by atoms with E-state index in [0.717, 1.165) is 57.9 Å². The molecule has 1 fully saturated rings. The van der Waals surface area contributed by atoms with Gasteiger partial charge in [0.2, 0.25) is 17.7 Å². The molecule has 0 unspecified atom stereocenters. The van der Waals surface area contributed by atoms with Crippen LogP contribution >= 0.6 is 23.1 Å². The van der Waals surface area contributed by atoms with Gasteiger partial charge in [-0.2, -0.15) is 0 Å². The molecular formula is C33H31FN4O4S2. The number of nitrogens with one attached hydrogen (secondary N) is 1. The van der Waals surface area contributed by atoms with E-state index in [9.17, 15) is 23.6 Å². The second kappa shape index (κ2) is 12.0. The normalized spacial score (nSPS) is 19.1. The minimum Gasteiger partial charge on any atom is -0.372 e. The van der Waals surface area contributed by atoms with Crippen molar-refractivity contribution in [1.82, 2.24) is 4.57 Å². The number of carbonyl (C=O) groups excluding carboxylic acids is 3. The third kappa shape index (κ3) is 5.24. The molecule has 1 saturated heterocycles. The van der Waals surface area contributed by atoms with Gasteiger partial charge in [-0.1, -0.05) is 53.4 Å². The predicted octanol–water partition coefficient (Wildman–Crippen LogP) is 5.64. The number of thiazole rings is 1. The molecule has 2 aliphatic rings. The average molecular weight is 631 g/mol. The van der Waals surface area contributed by atoms with Gasteiger partial charge in [0.25, 0.3) is 0 Å². The molecule has 1 N–H and O–H groups in total. The number of carbonyl (C=O) groups is 3. The SMILES string of the molecule is CCN(CC)c1ccc([C@@H]2c3sc(=O)n(CC(=O)Nc4ccccc4C)c3S[C@H]3C(=O)N(c4ccc(F)cc4)C(=O)[C@@H]23)cc1. The zero-order valence-corrected chi connectivity index (χ0v) is 26.1. The van der Waals surface area contributed by atoms with E-state index in [1.165, 1.54) is 28.8 Å². The number of nitrogens with zero attached hydrogens (tertiary/aromatic N) is 3. The number of hydrogen-bond donors (Lipinski definition) is 1. The Morgan fingerprint density at radius 1 is 0.932 bits per heavy atom. The molecule has 0 spiro atoms. The molecule has 226 valence electrons. The van der Waals surface area contributed by atoms with Crippen molar-refractivity contribution >= 4 is 57.9 Å². The zero-order chi connectivity index (χ0) is 31.1. The highest BCUT2D eigenvalue weighted by Gasteiger charge is 2.56. The summed E-state index contributed by atoms with van der Waals surface area (Å²) in [5, 5.41) is 2.57. The van der Waals surface area contributed by atoms with Crippen LogP contribution in [0.25, 0.3) is 0 Å². The maximum Gasteiger partial charge on any atom is 0.308 e. The smallest absolute Gasteiger partial charge is 0.308 e. The van der Waals surface area contributed by atoms with Gasteiger partial charge in [0.15, 0.2) is 0 Å². The van der Waals surface area contributed by atoms with Gasteiger partial charge in [0.1, 0.15) is 17.6 Å². The summed E-state index contributed by atoms with van der Waals surface area (Å²) in [5.41, 5.74) is 3.67. The van der Waals surface area contributed by atoms with Crippen LogP contribution in [0.2, 0.25) is 0 Å². The fraction of sp³-hybridized carbons (Fsp3) is 0.273. The highest BCUT2D eigenvalue weighted by molar-refractivity contribution is 8.00. The Morgan fingerprint density at radius 3 is 2.27 bits per heavy atom. The lowest BCUT2D eigenvalue weighted by Crippen LogP contribution is -2.33. The molecule has 44 heavy (non-hydrogen) atoms. The molecule has 1 aromatic heterocycles. The first-order valence-electron chi connectivity index (χ1n) is 14.5. The second-order valence-corrected chi connectivity index (χ2v) is 12.9. The molecule has 3 aromatic carbocycles. The first-order valence-corrected chi connectivity index (χ1v) is 16.1. The van der Waals surface area contributed by atoms with Crippen molar-refractivity contribution in [3.8, 4) is 0 Å². The predicted molar refractivity (Wildman–Crippen MR) is 172 cm³/mol. The lowest BCUT2D eigenvalue weighted by molar-refractivity contribution is -0.122. The molecule has 11 heteroatoms. The lowest BCUT2D eigenvalue weighted by atomic mass is 9.83. The Morgan fingerprint density at radius 2 is 1.61 bits per heavy atom. The summed E-state index contributed by atoms with van der Waals surface area (Å²) in [5.74, 6) is -3.03. The van der Waals surface area contributed by atoms with E-state index in [2.05, 4.69) is 24.1 Å². The van der Waals surface area contributed by atoms with Crippen molar-refractivity contribution in [1.29, 1.82) is 0 Å². The van der Waals surface area contributed by atoms with E-state index < -0.39 is 34.7 Å². The number of halogens is 1. The van der Waals surface area contributed by atoms with Gasteiger partial charge in [0.05, 0.1) is 16.6 Å². The molecule has 2 aliphatic heterocycles. The number of aryl methyl sites for hydroxylation is 1. The third-order valence-corrected chi connectivity index (χ3v) is 10.8. The Bertz CT molecular complexity index is 1800. The topological polar surface area (TPSA) is 91.7 Å². The molecule has 3 heterocycles. The van der Waals surface area contributed by atoms with Crippen molar-refractivity contribution in [3.05, 3.63) is 104 Å². The number of para-hydroxylation sites is 1. The van der Waals surface area contributed by atoms with Crippen LogP contribution in [0.15, 0.2) is 82.6 Å². The average Bonchev–Trinajstić information content (AvgIpc) is 3.46. The van der Waals surface area contributed by atoms with Gasteiger partial charge in [-0.05, 0) is 74.4 Å². The van der Waals surface area contributed by atoms with Gasteiger partial charge >= 0.3 is 4.87 Å². The minimum atomic E-state index is -0.827. The summed E-state index contributed by atoms with van der Waals surface area (Å²) >= 11 is 2.16. The zero-order valence-electron chi connectivity index (χ0n) is 24.5. The Balaban J connectivity index is 1.42. The van der Waals surface area contributed by atoms with Crippen molar-refractivity contribution in [2.45, 2.75) is 43.5 Å². The monoisotopic (exact) mass is 630 g/mol. The van der Waals surface area contributed by atoms with Gasteiger partial charge in [-0.3, -0.25) is 23.7 Å². The molecule has 0 bridgehead atoms. The summed E-state index contributed by atoms with van der Waals surface area (Å²) in [7, 11) is 0. The largest absolute Gasteiger partial charge is 0.372 e. The summed E-state index contributed by atoms with van der Waals surface area (Å²) in [6.45, 7) is 7.47. The van der Waals surface area contributed by atoms with E-state index in [-0.39, 0.29) is 17.3 Å². The molecule has 0 radical (unpaired) electrons. The van der Waals surface area contributed by atoms with Crippen molar-refractivity contribution < 1.29 is 18.8 Å². The summed E-state index contributed by atoms with van der Waals surface area (Å²) < 4.78 is 15.1. The number of rotatable bonds is 8. The molecule has 0 aliphatic carbocycles. The van der Waals surface area contributed by atoms with E-state index >= 15 is 0 Å². The molecule has 4 aromatic rings. The first-order chi connectivity index (χ1) is 21.2. The molecule has 3 atom stereocenters. The number of anilines is 3. The number of benzene rings is 3. The van der Waals surface area contributed by atoms with Crippen LogP contribution in [0, 0.1) is 18.7 Å². The number of amides is 3. The number of aromatic nitrogens is 1. The third-order valence-electron chi connectivity index (χ3n) is 8.24. The van der Waals surface area contributed by atoms with Crippen LogP contribution < -0.4 is 20.0 Å². The quantitative estimate of drug-likeness (QED) is 0.254. The van der Waals surface area contributed by atoms with E-state index in [1.807, 2.05) is 49.4 Å². The van der Waals surface area contributed by atoms with Gasteiger partial charge < -0.3 is 10.2 Å². The second-order valence-electron chi connectivity index (χ2n) is 10.8.